The van der Waals surface area contributed by atoms with E-state index in [2.05, 4.69) is 10.2 Å². The van der Waals surface area contributed by atoms with Crippen LogP contribution in [0, 0.1) is 6.92 Å². The molecule has 0 unspecified atom stereocenters. The lowest BCUT2D eigenvalue weighted by Gasteiger charge is -2.06. The first-order valence-corrected chi connectivity index (χ1v) is 5.36. The molecule has 0 amide bonds. The van der Waals surface area contributed by atoms with E-state index in [1.54, 1.807) is 0 Å². The first-order valence-electron chi connectivity index (χ1n) is 4.98. The molecule has 0 bridgehead atoms. The summed E-state index contributed by atoms with van der Waals surface area (Å²) in [6, 6.07) is 5.72. The molecule has 2 rings (SSSR count). The first-order chi connectivity index (χ1) is 7.63. The maximum atomic E-state index is 5.98. The number of hydrogen-bond acceptors (Lipinski definition) is 3. The molecule has 0 saturated carbocycles. The second-order valence-electron chi connectivity index (χ2n) is 3.66. The number of hydrogen-bond donors (Lipinski definition) is 1. The van der Waals surface area contributed by atoms with Crippen LogP contribution in [0.5, 0.6) is 0 Å². The number of benzene rings is 1. The van der Waals surface area contributed by atoms with Crippen molar-refractivity contribution in [1.82, 2.24) is 14.8 Å². The molecule has 0 aliphatic carbocycles. The zero-order valence-corrected chi connectivity index (χ0v) is 9.99. The van der Waals surface area contributed by atoms with Crippen LogP contribution in [0.25, 0.3) is 11.4 Å². The number of rotatable bonds is 2. The topological polar surface area (TPSA) is 56.7 Å². The minimum Gasteiger partial charge on any atom is -0.324 e. The molecule has 16 heavy (non-hydrogen) atoms. The van der Waals surface area contributed by atoms with Gasteiger partial charge in [-0.05, 0) is 24.6 Å². The highest BCUT2D eigenvalue weighted by Crippen LogP contribution is 2.24. The number of aromatic nitrogens is 3. The fraction of sp³-hybridized carbons (Fsp3) is 0.273. The van der Waals surface area contributed by atoms with Crippen molar-refractivity contribution in [2.24, 2.45) is 12.8 Å². The highest BCUT2D eigenvalue weighted by atomic mass is 35.5. The van der Waals surface area contributed by atoms with Crippen molar-refractivity contribution in [3.63, 3.8) is 0 Å². The number of halogens is 1. The van der Waals surface area contributed by atoms with E-state index in [1.807, 2.05) is 36.7 Å². The molecule has 2 aromatic rings. The van der Waals surface area contributed by atoms with Gasteiger partial charge in [-0.1, -0.05) is 17.7 Å². The third-order valence-electron chi connectivity index (χ3n) is 2.59. The van der Waals surface area contributed by atoms with Gasteiger partial charge in [0.1, 0.15) is 5.82 Å². The van der Waals surface area contributed by atoms with Gasteiger partial charge in [0.15, 0.2) is 5.82 Å². The summed E-state index contributed by atoms with van der Waals surface area (Å²) in [4.78, 5) is 0. The van der Waals surface area contributed by atoms with Crippen LogP contribution in [-0.4, -0.2) is 14.8 Å². The average Bonchev–Trinajstić information content (AvgIpc) is 2.63. The quantitative estimate of drug-likeness (QED) is 0.867. The molecule has 0 fully saturated rings. The lowest BCUT2D eigenvalue weighted by atomic mass is 10.1. The van der Waals surface area contributed by atoms with Gasteiger partial charge in [0.25, 0.3) is 0 Å². The highest BCUT2D eigenvalue weighted by molar-refractivity contribution is 6.30. The Kier molecular flexibility index (Phi) is 2.94. The van der Waals surface area contributed by atoms with Crippen molar-refractivity contribution in [3.05, 3.63) is 34.6 Å². The van der Waals surface area contributed by atoms with Crippen molar-refractivity contribution in [3.8, 4) is 11.4 Å². The molecule has 0 atom stereocenters. The third kappa shape index (κ3) is 1.81. The Morgan fingerprint density at radius 1 is 1.38 bits per heavy atom. The third-order valence-corrected chi connectivity index (χ3v) is 2.82. The molecule has 1 heterocycles. The zero-order chi connectivity index (χ0) is 11.7. The molecule has 0 saturated heterocycles. The van der Waals surface area contributed by atoms with E-state index in [9.17, 15) is 0 Å². The van der Waals surface area contributed by atoms with E-state index in [4.69, 9.17) is 17.3 Å². The zero-order valence-electron chi connectivity index (χ0n) is 9.24. The normalized spacial score (nSPS) is 10.8. The summed E-state index contributed by atoms with van der Waals surface area (Å²) in [7, 11) is 1.90. The molecule has 4 nitrogen and oxygen atoms in total. The first kappa shape index (κ1) is 11.1. The lowest BCUT2D eigenvalue weighted by molar-refractivity contribution is 0.796. The molecule has 5 heteroatoms. The molecule has 0 radical (unpaired) electrons. The smallest absolute Gasteiger partial charge is 0.164 e. The predicted molar refractivity (Wildman–Crippen MR) is 64.1 cm³/mol. The Morgan fingerprint density at radius 3 is 2.75 bits per heavy atom. The van der Waals surface area contributed by atoms with Gasteiger partial charge in [-0.25, -0.2) is 0 Å². The van der Waals surface area contributed by atoms with Gasteiger partial charge in [-0.2, -0.15) is 0 Å². The number of aryl methyl sites for hydroxylation is 1. The Labute approximate surface area is 99.1 Å². The second-order valence-corrected chi connectivity index (χ2v) is 4.10. The molecular weight excluding hydrogens is 224 g/mol. The summed E-state index contributed by atoms with van der Waals surface area (Å²) < 4.78 is 1.89. The largest absolute Gasteiger partial charge is 0.324 e. The average molecular weight is 237 g/mol. The van der Waals surface area contributed by atoms with Crippen LogP contribution >= 0.6 is 11.6 Å². The van der Waals surface area contributed by atoms with E-state index in [0.717, 1.165) is 22.8 Å². The maximum absolute atomic E-state index is 5.98. The maximum Gasteiger partial charge on any atom is 0.164 e. The molecule has 1 aromatic carbocycles. The monoisotopic (exact) mass is 236 g/mol. The molecule has 1 aromatic heterocycles. The fourth-order valence-corrected chi connectivity index (χ4v) is 1.78. The van der Waals surface area contributed by atoms with Gasteiger partial charge in [0, 0.05) is 17.6 Å². The van der Waals surface area contributed by atoms with Gasteiger partial charge in [-0.15, -0.1) is 10.2 Å². The summed E-state index contributed by atoms with van der Waals surface area (Å²) in [6.07, 6.45) is 0. The van der Waals surface area contributed by atoms with Crippen LogP contribution < -0.4 is 5.73 Å². The minimum atomic E-state index is 0.378. The summed E-state index contributed by atoms with van der Waals surface area (Å²) in [5, 5.41) is 8.85. The van der Waals surface area contributed by atoms with E-state index < -0.39 is 0 Å². The van der Waals surface area contributed by atoms with E-state index >= 15 is 0 Å². The summed E-state index contributed by atoms with van der Waals surface area (Å²) in [6.45, 7) is 2.39. The van der Waals surface area contributed by atoms with Crippen molar-refractivity contribution in [2.45, 2.75) is 13.5 Å². The Balaban J connectivity index is 2.58. The minimum absolute atomic E-state index is 0.378. The van der Waals surface area contributed by atoms with Crippen molar-refractivity contribution >= 4 is 11.6 Å². The lowest BCUT2D eigenvalue weighted by Crippen LogP contribution is -2.05. The standard InChI is InChI=1S/C11H13ClN4/c1-7-3-4-8(12)5-9(7)11-15-14-10(6-13)16(11)2/h3-5H,6,13H2,1-2H3. The Morgan fingerprint density at radius 2 is 2.12 bits per heavy atom. The van der Waals surface area contributed by atoms with E-state index in [1.165, 1.54) is 0 Å². The summed E-state index contributed by atoms with van der Waals surface area (Å²) in [5.74, 6) is 1.55. The number of nitrogens with zero attached hydrogens (tertiary/aromatic N) is 3. The number of nitrogens with two attached hydrogens (primary N) is 1. The van der Waals surface area contributed by atoms with Gasteiger partial charge >= 0.3 is 0 Å². The van der Waals surface area contributed by atoms with Gasteiger partial charge in [0.2, 0.25) is 0 Å². The van der Waals surface area contributed by atoms with E-state index in [0.29, 0.717) is 11.6 Å². The molecule has 2 N–H and O–H groups in total. The van der Waals surface area contributed by atoms with Crippen LogP contribution in [0.1, 0.15) is 11.4 Å². The van der Waals surface area contributed by atoms with Crippen LogP contribution in [0.4, 0.5) is 0 Å². The Bertz CT molecular complexity index is 519. The SMILES string of the molecule is Cc1ccc(Cl)cc1-c1nnc(CN)n1C. The predicted octanol–water partition coefficient (Wildman–Crippen LogP) is 1.90. The second kappa shape index (κ2) is 4.23. The van der Waals surface area contributed by atoms with Crippen LogP contribution in [0.2, 0.25) is 5.02 Å². The molecule has 0 spiro atoms. The fourth-order valence-electron chi connectivity index (χ4n) is 1.61. The molecule has 0 aliphatic rings. The van der Waals surface area contributed by atoms with Gasteiger partial charge in [-0.3, -0.25) is 0 Å². The highest BCUT2D eigenvalue weighted by Gasteiger charge is 2.11. The van der Waals surface area contributed by atoms with Gasteiger partial charge < -0.3 is 10.3 Å². The van der Waals surface area contributed by atoms with Crippen LogP contribution in [0.15, 0.2) is 18.2 Å². The van der Waals surface area contributed by atoms with Crippen LogP contribution in [0.3, 0.4) is 0 Å². The van der Waals surface area contributed by atoms with Crippen molar-refractivity contribution < 1.29 is 0 Å². The van der Waals surface area contributed by atoms with Crippen LogP contribution in [-0.2, 0) is 13.6 Å². The molecular formula is C11H13ClN4. The van der Waals surface area contributed by atoms with Crippen molar-refractivity contribution in [1.29, 1.82) is 0 Å². The van der Waals surface area contributed by atoms with E-state index in [-0.39, 0.29) is 0 Å². The molecule has 0 aliphatic heterocycles. The van der Waals surface area contributed by atoms with Gasteiger partial charge in [0.05, 0.1) is 6.54 Å². The Hall–Kier alpha value is -1.39. The summed E-state index contributed by atoms with van der Waals surface area (Å²) in [5.41, 5.74) is 7.66. The summed E-state index contributed by atoms with van der Waals surface area (Å²) >= 11 is 5.98. The molecule has 84 valence electrons. The van der Waals surface area contributed by atoms with Crippen molar-refractivity contribution in [2.75, 3.05) is 0 Å².